The minimum absolute atomic E-state index is 0.00831. The van der Waals surface area contributed by atoms with Gasteiger partial charge in [0.25, 0.3) is 0 Å². The van der Waals surface area contributed by atoms with Crippen molar-refractivity contribution in [3.05, 3.63) is 35.4 Å². The average molecular weight is 278 g/mol. The van der Waals surface area contributed by atoms with Crippen LogP contribution in [0, 0.1) is 6.92 Å². The minimum Gasteiger partial charge on any atom is -0.459 e. The van der Waals surface area contributed by atoms with Crippen LogP contribution in [0.4, 0.5) is 0 Å². The van der Waals surface area contributed by atoms with Gasteiger partial charge in [-0.1, -0.05) is 29.8 Å². The quantitative estimate of drug-likeness (QED) is 0.651. The third kappa shape index (κ3) is 4.66. The highest BCUT2D eigenvalue weighted by atomic mass is 16.5. The molecule has 110 valence electrons. The summed E-state index contributed by atoms with van der Waals surface area (Å²) in [7, 11) is 3.86. The first-order valence-electron chi connectivity index (χ1n) is 6.63. The molecule has 0 saturated heterocycles. The average Bonchev–Trinajstić information content (AvgIpc) is 2.40. The van der Waals surface area contributed by atoms with Gasteiger partial charge in [0.2, 0.25) is 0 Å². The van der Waals surface area contributed by atoms with E-state index in [1.807, 2.05) is 50.2 Å². The summed E-state index contributed by atoms with van der Waals surface area (Å²) in [4.78, 5) is 24.8. The van der Waals surface area contributed by atoms with Gasteiger partial charge in [0.1, 0.15) is 0 Å². The zero-order valence-electron chi connectivity index (χ0n) is 12.5. The SMILES string of the molecule is CCOC(=O)C(=O)NCC(c1ccc(C)cc1)N(C)C. The summed E-state index contributed by atoms with van der Waals surface area (Å²) in [6.07, 6.45) is 0. The van der Waals surface area contributed by atoms with E-state index in [1.165, 1.54) is 5.56 Å². The van der Waals surface area contributed by atoms with Gasteiger partial charge in [0.15, 0.2) is 0 Å². The smallest absolute Gasteiger partial charge is 0.396 e. The number of likely N-dealkylation sites (N-methyl/N-ethyl adjacent to an activating group) is 1. The van der Waals surface area contributed by atoms with E-state index < -0.39 is 11.9 Å². The van der Waals surface area contributed by atoms with Crippen molar-refractivity contribution in [1.82, 2.24) is 10.2 Å². The molecule has 0 aliphatic carbocycles. The molecule has 0 aliphatic rings. The summed E-state index contributed by atoms with van der Waals surface area (Å²) in [5, 5.41) is 2.61. The van der Waals surface area contributed by atoms with Crippen LogP contribution < -0.4 is 5.32 Å². The van der Waals surface area contributed by atoms with Crippen molar-refractivity contribution in [2.75, 3.05) is 27.2 Å². The lowest BCUT2D eigenvalue weighted by molar-refractivity contribution is -0.154. The standard InChI is InChI=1S/C15H22N2O3/c1-5-20-15(19)14(18)16-10-13(17(3)4)12-8-6-11(2)7-9-12/h6-9,13H,5,10H2,1-4H3,(H,16,18). The van der Waals surface area contributed by atoms with Crippen LogP contribution in [0.2, 0.25) is 0 Å². The van der Waals surface area contributed by atoms with Crippen LogP contribution in [-0.2, 0) is 14.3 Å². The largest absolute Gasteiger partial charge is 0.459 e. The lowest BCUT2D eigenvalue weighted by atomic mass is 10.0. The summed E-state index contributed by atoms with van der Waals surface area (Å²) in [6.45, 7) is 4.24. The molecule has 0 radical (unpaired) electrons. The summed E-state index contributed by atoms with van der Waals surface area (Å²) in [5.41, 5.74) is 2.27. The van der Waals surface area contributed by atoms with Gasteiger partial charge < -0.3 is 15.0 Å². The number of rotatable bonds is 5. The molecule has 1 N–H and O–H groups in total. The van der Waals surface area contributed by atoms with E-state index in [4.69, 9.17) is 0 Å². The molecule has 0 heterocycles. The summed E-state index contributed by atoms with van der Waals surface area (Å²) in [5.74, 6) is -1.54. The molecule has 0 fully saturated rings. The van der Waals surface area contributed by atoms with Gasteiger partial charge in [-0.3, -0.25) is 4.79 Å². The molecule has 1 amide bonds. The maximum Gasteiger partial charge on any atom is 0.396 e. The number of carbonyl (C=O) groups is 2. The van der Waals surface area contributed by atoms with E-state index in [-0.39, 0.29) is 12.6 Å². The first kappa shape index (κ1) is 16.2. The molecule has 1 aromatic rings. The second-order valence-electron chi connectivity index (χ2n) is 4.82. The number of hydrogen-bond acceptors (Lipinski definition) is 4. The molecule has 0 aromatic heterocycles. The van der Waals surface area contributed by atoms with Gasteiger partial charge in [0.05, 0.1) is 12.6 Å². The number of hydrogen-bond donors (Lipinski definition) is 1. The highest BCUT2D eigenvalue weighted by Crippen LogP contribution is 2.17. The van der Waals surface area contributed by atoms with Gasteiger partial charge in [-0.05, 0) is 33.5 Å². The normalized spacial score (nSPS) is 12.1. The van der Waals surface area contributed by atoms with Crippen LogP contribution in [0.25, 0.3) is 0 Å². The molecule has 1 aromatic carbocycles. The molecule has 1 unspecified atom stereocenters. The number of benzene rings is 1. The van der Waals surface area contributed by atoms with Gasteiger partial charge in [-0.15, -0.1) is 0 Å². The Kier molecular flexibility index (Phi) is 6.18. The zero-order chi connectivity index (χ0) is 15.1. The van der Waals surface area contributed by atoms with E-state index in [0.29, 0.717) is 6.54 Å². The maximum atomic E-state index is 11.5. The predicted octanol–water partition coefficient (Wildman–Crippen LogP) is 1.28. The summed E-state index contributed by atoms with van der Waals surface area (Å²) < 4.78 is 4.65. The van der Waals surface area contributed by atoms with Crippen LogP contribution in [-0.4, -0.2) is 44.0 Å². The molecule has 0 saturated carbocycles. The summed E-state index contributed by atoms with van der Waals surface area (Å²) >= 11 is 0. The Morgan fingerprint density at radius 3 is 2.35 bits per heavy atom. The van der Waals surface area contributed by atoms with Crippen LogP contribution >= 0.6 is 0 Å². The molecular weight excluding hydrogens is 256 g/mol. The Morgan fingerprint density at radius 1 is 1.25 bits per heavy atom. The van der Waals surface area contributed by atoms with Crippen molar-refractivity contribution in [2.45, 2.75) is 19.9 Å². The number of aryl methyl sites for hydroxylation is 1. The number of ether oxygens (including phenoxy) is 1. The molecular formula is C15H22N2O3. The van der Waals surface area contributed by atoms with Gasteiger partial charge >= 0.3 is 11.9 Å². The van der Waals surface area contributed by atoms with Crippen molar-refractivity contribution >= 4 is 11.9 Å². The van der Waals surface area contributed by atoms with E-state index >= 15 is 0 Å². The molecule has 1 atom stereocenters. The Balaban J connectivity index is 2.67. The Labute approximate surface area is 119 Å². The lowest BCUT2D eigenvalue weighted by Crippen LogP contribution is -2.38. The Bertz CT molecular complexity index is 455. The fourth-order valence-corrected chi connectivity index (χ4v) is 1.85. The molecule has 0 bridgehead atoms. The Morgan fingerprint density at radius 2 is 1.85 bits per heavy atom. The minimum atomic E-state index is -0.839. The van der Waals surface area contributed by atoms with Gasteiger partial charge in [-0.25, -0.2) is 4.79 Å². The van der Waals surface area contributed by atoms with Crippen LogP contribution in [0.5, 0.6) is 0 Å². The molecule has 0 aliphatic heterocycles. The number of nitrogens with zero attached hydrogens (tertiary/aromatic N) is 1. The molecule has 5 nitrogen and oxygen atoms in total. The number of carbonyl (C=O) groups excluding carboxylic acids is 2. The first-order chi connectivity index (χ1) is 9.45. The molecule has 1 rings (SSSR count). The van der Waals surface area contributed by atoms with E-state index in [2.05, 4.69) is 10.1 Å². The highest BCUT2D eigenvalue weighted by Gasteiger charge is 2.19. The van der Waals surface area contributed by atoms with Crippen molar-refractivity contribution < 1.29 is 14.3 Å². The molecule has 0 spiro atoms. The fraction of sp³-hybridized carbons (Fsp3) is 0.467. The van der Waals surface area contributed by atoms with Crippen molar-refractivity contribution in [3.8, 4) is 0 Å². The first-order valence-corrected chi connectivity index (χ1v) is 6.63. The predicted molar refractivity (Wildman–Crippen MR) is 77.2 cm³/mol. The topological polar surface area (TPSA) is 58.6 Å². The van der Waals surface area contributed by atoms with Crippen molar-refractivity contribution in [3.63, 3.8) is 0 Å². The van der Waals surface area contributed by atoms with Crippen molar-refractivity contribution in [1.29, 1.82) is 0 Å². The number of nitrogens with one attached hydrogen (secondary N) is 1. The molecule has 20 heavy (non-hydrogen) atoms. The van der Waals surface area contributed by atoms with E-state index in [1.54, 1.807) is 6.92 Å². The van der Waals surface area contributed by atoms with E-state index in [9.17, 15) is 9.59 Å². The van der Waals surface area contributed by atoms with Crippen LogP contribution in [0.3, 0.4) is 0 Å². The number of esters is 1. The monoisotopic (exact) mass is 278 g/mol. The summed E-state index contributed by atoms with van der Waals surface area (Å²) in [6, 6.07) is 8.11. The van der Waals surface area contributed by atoms with E-state index in [0.717, 1.165) is 5.56 Å². The third-order valence-corrected chi connectivity index (χ3v) is 3.00. The van der Waals surface area contributed by atoms with Gasteiger partial charge in [0, 0.05) is 6.54 Å². The Hall–Kier alpha value is -1.88. The second-order valence-corrected chi connectivity index (χ2v) is 4.82. The molecule has 5 heteroatoms. The van der Waals surface area contributed by atoms with Crippen LogP contribution in [0.1, 0.15) is 24.1 Å². The lowest BCUT2D eigenvalue weighted by Gasteiger charge is -2.25. The maximum absolute atomic E-state index is 11.5. The number of amides is 1. The van der Waals surface area contributed by atoms with Gasteiger partial charge in [-0.2, -0.15) is 0 Å². The third-order valence-electron chi connectivity index (χ3n) is 3.00. The zero-order valence-corrected chi connectivity index (χ0v) is 12.5. The highest BCUT2D eigenvalue weighted by molar-refractivity contribution is 6.32. The second kappa shape index (κ2) is 7.65. The van der Waals surface area contributed by atoms with Crippen LogP contribution in [0.15, 0.2) is 24.3 Å². The van der Waals surface area contributed by atoms with Crippen molar-refractivity contribution in [2.24, 2.45) is 0 Å². The fourth-order valence-electron chi connectivity index (χ4n) is 1.85.